The zero-order valence-electron chi connectivity index (χ0n) is 8.40. The Morgan fingerprint density at radius 2 is 1.17 bits per heavy atom. The number of rotatable bonds is 7. The standard InChI is InChI=1S/C8H20N2.H4N2/c1-3-5-7-9-10-8-6-4-2;1-2/h9-10H,3-8H2,1-2H3;1-2H2. The SMILES string of the molecule is CCCCNNCCCC.NN. The summed E-state index contributed by atoms with van der Waals surface area (Å²) in [6.45, 7) is 6.60. The number of unbranched alkanes of at least 4 members (excludes halogenated alkanes) is 2. The number of nitrogens with one attached hydrogen (secondary N) is 2. The molecule has 76 valence electrons. The van der Waals surface area contributed by atoms with Crippen LogP contribution in [-0.2, 0) is 0 Å². The first-order chi connectivity index (χ1) is 5.91. The van der Waals surface area contributed by atoms with Gasteiger partial charge in [0.25, 0.3) is 0 Å². The Morgan fingerprint density at radius 3 is 1.42 bits per heavy atom. The van der Waals surface area contributed by atoms with Crippen LogP contribution in [-0.4, -0.2) is 13.1 Å². The molecule has 4 nitrogen and oxygen atoms in total. The maximum atomic E-state index is 4.00. The fourth-order valence-corrected chi connectivity index (χ4v) is 0.707. The van der Waals surface area contributed by atoms with E-state index < -0.39 is 0 Å². The lowest BCUT2D eigenvalue weighted by Crippen LogP contribution is -2.33. The molecule has 0 heterocycles. The molecule has 0 spiro atoms. The maximum absolute atomic E-state index is 4.00. The van der Waals surface area contributed by atoms with Crippen LogP contribution in [0.4, 0.5) is 0 Å². The highest BCUT2D eigenvalue weighted by atomic mass is 15.3. The maximum Gasteiger partial charge on any atom is 0.00996 e. The number of nitrogens with two attached hydrogens (primary N) is 2. The molecule has 0 unspecified atom stereocenters. The fraction of sp³-hybridized carbons (Fsp3) is 1.00. The lowest BCUT2D eigenvalue weighted by Gasteiger charge is -2.03. The van der Waals surface area contributed by atoms with Crippen molar-refractivity contribution in [2.24, 2.45) is 11.7 Å². The molecule has 12 heavy (non-hydrogen) atoms. The third-order valence-corrected chi connectivity index (χ3v) is 1.44. The normalized spacial score (nSPS) is 9.00. The molecule has 0 rings (SSSR count). The number of hydrazine groups is 2. The smallest absolute Gasteiger partial charge is 0.00996 e. The average molecular weight is 176 g/mol. The van der Waals surface area contributed by atoms with Gasteiger partial charge in [0.15, 0.2) is 0 Å². The Labute approximate surface area is 76.0 Å². The van der Waals surface area contributed by atoms with Crippen LogP contribution in [0.25, 0.3) is 0 Å². The Balaban J connectivity index is 0. The molecule has 0 fully saturated rings. The van der Waals surface area contributed by atoms with E-state index in [0.717, 1.165) is 13.1 Å². The lowest BCUT2D eigenvalue weighted by atomic mass is 10.3. The van der Waals surface area contributed by atoms with Crippen molar-refractivity contribution in [2.45, 2.75) is 39.5 Å². The molecule has 0 aliphatic heterocycles. The monoisotopic (exact) mass is 176 g/mol. The summed E-state index contributed by atoms with van der Waals surface area (Å²) in [6, 6.07) is 0. The minimum absolute atomic E-state index is 1.10. The first-order valence-electron chi connectivity index (χ1n) is 4.70. The third-order valence-electron chi connectivity index (χ3n) is 1.44. The van der Waals surface area contributed by atoms with Gasteiger partial charge in [-0.05, 0) is 12.8 Å². The van der Waals surface area contributed by atoms with Crippen LogP contribution in [0.15, 0.2) is 0 Å². The van der Waals surface area contributed by atoms with Crippen LogP contribution >= 0.6 is 0 Å². The molecule has 0 bridgehead atoms. The molecular weight excluding hydrogens is 152 g/mol. The van der Waals surface area contributed by atoms with E-state index in [0.29, 0.717) is 0 Å². The summed E-state index contributed by atoms with van der Waals surface area (Å²) in [6.07, 6.45) is 5.06. The predicted molar refractivity (Wildman–Crippen MR) is 54.2 cm³/mol. The Hall–Kier alpha value is -0.160. The van der Waals surface area contributed by atoms with Crippen molar-refractivity contribution in [3.8, 4) is 0 Å². The minimum atomic E-state index is 1.10. The third kappa shape index (κ3) is 16.4. The highest BCUT2D eigenvalue weighted by Gasteiger charge is 1.83. The summed E-state index contributed by atoms with van der Waals surface area (Å²) >= 11 is 0. The van der Waals surface area contributed by atoms with Gasteiger partial charge in [-0.1, -0.05) is 26.7 Å². The molecule has 0 aromatic carbocycles. The summed E-state index contributed by atoms with van der Waals surface area (Å²) in [5.41, 5.74) is 6.34. The quantitative estimate of drug-likeness (QED) is 0.259. The number of hydrogen-bond acceptors (Lipinski definition) is 4. The van der Waals surface area contributed by atoms with Gasteiger partial charge in [0.05, 0.1) is 0 Å². The Bertz CT molecular complexity index is 51.0. The van der Waals surface area contributed by atoms with Gasteiger partial charge in [-0.25, -0.2) is 0 Å². The predicted octanol–water partition coefficient (Wildman–Crippen LogP) is 0.500. The summed E-state index contributed by atoms with van der Waals surface area (Å²) in [4.78, 5) is 0. The van der Waals surface area contributed by atoms with Gasteiger partial charge in [-0.3, -0.25) is 22.5 Å². The Kier molecular flexibility index (Phi) is 20.4. The van der Waals surface area contributed by atoms with Crippen molar-refractivity contribution in [3.63, 3.8) is 0 Å². The first kappa shape index (κ1) is 14.4. The summed E-state index contributed by atoms with van der Waals surface area (Å²) in [5, 5.41) is 0. The molecule has 0 saturated carbocycles. The molecule has 0 aliphatic carbocycles. The summed E-state index contributed by atoms with van der Waals surface area (Å²) in [7, 11) is 0. The van der Waals surface area contributed by atoms with Crippen molar-refractivity contribution >= 4 is 0 Å². The molecular formula is C8H24N4. The molecule has 0 aromatic heterocycles. The van der Waals surface area contributed by atoms with Crippen LogP contribution < -0.4 is 22.5 Å². The second-order valence-electron chi connectivity index (χ2n) is 2.56. The van der Waals surface area contributed by atoms with Crippen molar-refractivity contribution in [1.82, 2.24) is 10.9 Å². The van der Waals surface area contributed by atoms with E-state index >= 15 is 0 Å². The van der Waals surface area contributed by atoms with E-state index in [-0.39, 0.29) is 0 Å². The molecule has 4 heteroatoms. The zero-order chi connectivity index (χ0) is 9.66. The highest BCUT2D eigenvalue weighted by Crippen LogP contribution is 1.82. The zero-order valence-corrected chi connectivity index (χ0v) is 8.40. The van der Waals surface area contributed by atoms with E-state index in [2.05, 4.69) is 36.4 Å². The number of hydrogen-bond donors (Lipinski definition) is 4. The van der Waals surface area contributed by atoms with Crippen LogP contribution in [0, 0.1) is 0 Å². The molecule has 0 amide bonds. The summed E-state index contributed by atoms with van der Waals surface area (Å²) in [5.74, 6) is 8.00. The molecule has 0 atom stereocenters. The average Bonchev–Trinajstić information content (AvgIpc) is 2.15. The molecule has 0 aliphatic rings. The minimum Gasteiger partial charge on any atom is -0.274 e. The van der Waals surface area contributed by atoms with Gasteiger partial charge in [-0.2, -0.15) is 0 Å². The van der Waals surface area contributed by atoms with Crippen molar-refractivity contribution < 1.29 is 0 Å². The summed E-state index contributed by atoms with van der Waals surface area (Å²) < 4.78 is 0. The van der Waals surface area contributed by atoms with E-state index in [9.17, 15) is 0 Å². The van der Waals surface area contributed by atoms with Gasteiger partial charge in [-0.15, -0.1) is 0 Å². The van der Waals surface area contributed by atoms with Gasteiger partial charge in [0.2, 0.25) is 0 Å². The van der Waals surface area contributed by atoms with E-state index in [1.807, 2.05) is 0 Å². The lowest BCUT2D eigenvalue weighted by molar-refractivity contribution is 0.506. The Morgan fingerprint density at radius 1 is 0.833 bits per heavy atom. The molecule has 0 aromatic rings. The topological polar surface area (TPSA) is 76.1 Å². The van der Waals surface area contributed by atoms with Gasteiger partial charge >= 0.3 is 0 Å². The van der Waals surface area contributed by atoms with Crippen LogP contribution in [0.1, 0.15) is 39.5 Å². The molecule has 6 N–H and O–H groups in total. The largest absolute Gasteiger partial charge is 0.274 e. The van der Waals surface area contributed by atoms with Crippen LogP contribution in [0.3, 0.4) is 0 Å². The first-order valence-corrected chi connectivity index (χ1v) is 4.70. The van der Waals surface area contributed by atoms with Crippen LogP contribution in [0.5, 0.6) is 0 Å². The fourth-order valence-electron chi connectivity index (χ4n) is 0.707. The molecule has 0 saturated heterocycles. The van der Waals surface area contributed by atoms with Crippen molar-refractivity contribution in [1.29, 1.82) is 0 Å². The second kappa shape index (κ2) is 17.1. The molecule has 0 radical (unpaired) electrons. The van der Waals surface area contributed by atoms with Crippen molar-refractivity contribution in [2.75, 3.05) is 13.1 Å². The van der Waals surface area contributed by atoms with Crippen LogP contribution in [0.2, 0.25) is 0 Å². The van der Waals surface area contributed by atoms with Gasteiger partial charge in [0.1, 0.15) is 0 Å². The van der Waals surface area contributed by atoms with Gasteiger partial charge in [0, 0.05) is 13.1 Å². The van der Waals surface area contributed by atoms with E-state index in [4.69, 9.17) is 0 Å². The van der Waals surface area contributed by atoms with Crippen molar-refractivity contribution in [3.05, 3.63) is 0 Å². The highest BCUT2D eigenvalue weighted by molar-refractivity contribution is 4.41. The second-order valence-corrected chi connectivity index (χ2v) is 2.56. The van der Waals surface area contributed by atoms with E-state index in [1.165, 1.54) is 25.7 Å². The van der Waals surface area contributed by atoms with Gasteiger partial charge < -0.3 is 0 Å². The van der Waals surface area contributed by atoms with E-state index in [1.54, 1.807) is 0 Å².